The Labute approximate surface area is 163 Å². The Kier molecular flexibility index (Phi) is 6.21. The van der Waals surface area contributed by atoms with E-state index in [0.29, 0.717) is 43.7 Å². The number of carbonyl (C=O) groups excluding carboxylic acids is 1. The third kappa shape index (κ3) is 4.64. The number of rotatable bonds is 7. The van der Waals surface area contributed by atoms with Crippen molar-refractivity contribution in [3.8, 4) is 11.5 Å². The SMILES string of the molecule is COc1ccc(CN=C(N)NCc2ccc(N3CCOC3=O)cc2)cc1OC. The Morgan fingerprint density at radius 2 is 1.86 bits per heavy atom. The number of guanidine groups is 1. The second kappa shape index (κ2) is 8.98. The third-order valence-electron chi connectivity index (χ3n) is 4.36. The lowest BCUT2D eigenvalue weighted by Gasteiger charge is -2.13. The van der Waals surface area contributed by atoms with Crippen molar-refractivity contribution < 1.29 is 19.0 Å². The van der Waals surface area contributed by atoms with Crippen molar-refractivity contribution in [2.45, 2.75) is 13.1 Å². The predicted molar refractivity (Wildman–Crippen MR) is 107 cm³/mol. The minimum absolute atomic E-state index is 0.308. The molecule has 0 saturated carbocycles. The zero-order valence-corrected chi connectivity index (χ0v) is 16.0. The second-order valence-electron chi connectivity index (χ2n) is 6.18. The van der Waals surface area contributed by atoms with Crippen LogP contribution >= 0.6 is 0 Å². The standard InChI is InChI=1S/C20H24N4O4/c1-26-17-8-5-15(11-18(17)27-2)13-23-19(21)22-12-14-3-6-16(7-4-14)24-9-10-28-20(24)25/h3-8,11H,9-10,12-13H2,1-2H3,(H3,21,22,23). The quantitative estimate of drug-likeness (QED) is 0.561. The van der Waals surface area contributed by atoms with Gasteiger partial charge in [-0.05, 0) is 35.4 Å². The Morgan fingerprint density at radius 1 is 1.14 bits per heavy atom. The average Bonchev–Trinajstić information content (AvgIpc) is 3.16. The van der Waals surface area contributed by atoms with Crippen LogP contribution in [0.4, 0.5) is 10.5 Å². The Morgan fingerprint density at radius 3 is 2.50 bits per heavy atom. The summed E-state index contributed by atoms with van der Waals surface area (Å²) in [5.41, 5.74) is 8.77. The number of benzene rings is 2. The lowest BCUT2D eigenvalue weighted by molar-refractivity contribution is 0.181. The largest absolute Gasteiger partial charge is 0.493 e. The van der Waals surface area contributed by atoms with Gasteiger partial charge < -0.3 is 25.3 Å². The van der Waals surface area contributed by atoms with E-state index in [-0.39, 0.29) is 6.09 Å². The third-order valence-corrected chi connectivity index (χ3v) is 4.36. The molecule has 0 spiro atoms. The van der Waals surface area contributed by atoms with Gasteiger partial charge in [0.25, 0.3) is 0 Å². The zero-order valence-electron chi connectivity index (χ0n) is 16.0. The lowest BCUT2D eigenvalue weighted by atomic mass is 10.2. The van der Waals surface area contributed by atoms with Crippen LogP contribution in [0.3, 0.4) is 0 Å². The fourth-order valence-electron chi connectivity index (χ4n) is 2.83. The average molecular weight is 384 g/mol. The van der Waals surface area contributed by atoms with Crippen LogP contribution in [0.5, 0.6) is 11.5 Å². The minimum Gasteiger partial charge on any atom is -0.493 e. The number of hydrogen-bond donors (Lipinski definition) is 2. The first-order chi connectivity index (χ1) is 13.6. The van der Waals surface area contributed by atoms with Gasteiger partial charge in [-0.2, -0.15) is 0 Å². The van der Waals surface area contributed by atoms with Crippen molar-refractivity contribution in [2.75, 3.05) is 32.3 Å². The van der Waals surface area contributed by atoms with Gasteiger partial charge in [0.1, 0.15) is 6.61 Å². The molecule has 3 N–H and O–H groups in total. The molecule has 8 nitrogen and oxygen atoms in total. The molecule has 0 aliphatic carbocycles. The number of aliphatic imine (C=N–C) groups is 1. The molecule has 1 fully saturated rings. The van der Waals surface area contributed by atoms with Gasteiger partial charge in [0.05, 0.1) is 27.3 Å². The maximum Gasteiger partial charge on any atom is 0.414 e. The number of nitrogens with zero attached hydrogens (tertiary/aromatic N) is 2. The number of hydrogen-bond acceptors (Lipinski definition) is 5. The number of cyclic esters (lactones) is 1. The molecule has 0 atom stereocenters. The number of anilines is 1. The van der Waals surface area contributed by atoms with E-state index in [1.165, 1.54) is 0 Å². The second-order valence-corrected chi connectivity index (χ2v) is 6.18. The van der Waals surface area contributed by atoms with Crippen molar-refractivity contribution in [2.24, 2.45) is 10.7 Å². The molecule has 1 saturated heterocycles. The first-order valence-corrected chi connectivity index (χ1v) is 8.88. The van der Waals surface area contributed by atoms with Crippen LogP contribution in [-0.4, -0.2) is 39.4 Å². The minimum atomic E-state index is -0.308. The summed E-state index contributed by atoms with van der Waals surface area (Å²) >= 11 is 0. The Hall–Kier alpha value is -3.42. The normalized spacial score (nSPS) is 14.0. The Balaban J connectivity index is 1.53. The molecule has 0 unspecified atom stereocenters. The van der Waals surface area contributed by atoms with Crippen LogP contribution < -0.4 is 25.4 Å². The maximum atomic E-state index is 11.6. The van der Waals surface area contributed by atoms with Crippen molar-refractivity contribution in [3.05, 3.63) is 53.6 Å². The molecule has 0 aromatic heterocycles. The number of methoxy groups -OCH3 is 2. The first-order valence-electron chi connectivity index (χ1n) is 8.88. The van der Waals surface area contributed by atoms with Gasteiger partial charge in [-0.25, -0.2) is 9.79 Å². The summed E-state index contributed by atoms with van der Waals surface area (Å²) in [4.78, 5) is 17.5. The lowest BCUT2D eigenvalue weighted by Crippen LogP contribution is -2.31. The molecular weight excluding hydrogens is 360 g/mol. The number of carbonyl (C=O) groups is 1. The summed E-state index contributed by atoms with van der Waals surface area (Å²) < 4.78 is 15.5. The van der Waals surface area contributed by atoms with Gasteiger partial charge in [-0.1, -0.05) is 18.2 Å². The highest BCUT2D eigenvalue weighted by atomic mass is 16.6. The van der Waals surface area contributed by atoms with Gasteiger partial charge in [-0.15, -0.1) is 0 Å². The summed E-state index contributed by atoms with van der Waals surface area (Å²) in [7, 11) is 3.19. The summed E-state index contributed by atoms with van der Waals surface area (Å²) in [6.07, 6.45) is -0.308. The van der Waals surface area contributed by atoms with Crippen LogP contribution in [0.2, 0.25) is 0 Å². The van der Waals surface area contributed by atoms with E-state index in [2.05, 4.69) is 10.3 Å². The summed E-state index contributed by atoms with van der Waals surface area (Å²) in [5.74, 6) is 1.68. The van der Waals surface area contributed by atoms with Crippen LogP contribution in [-0.2, 0) is 17.8 Å². The van der Waals surface area contributed by atoms with Crippen LogP contribution in [0.1, 0.15) is 11.1 Å². The predicted octanol–water partition coefficient (Wildman–Crippen LogP) is 2.26. The summed E-state index contributed by atoms with van der Waals surface area (Å²) in [6, 6.07) is 13.3. The molecule has 28 heavy (non-hydrogen) atoms. The Bertz CT molecular complexity index is 852. The number of amides is 1. The molecule has 1 aliphatic heterocycles. The fourth-order valence-corrected chi connectivity index (χ4v) is 2.83. The highest BCUT2D eigenvalue weighted by Crippen LogP contribution is 2.27. The van der Waals surface area contributed by atoms with Gasteiger partial charge in [0.15, 0.2) is 17.5 Å². The molecule has 1 amide bonds. The zero-order chi connectivity index (χ0) is 19.9. The maximum absolute atomic E-state index is 11.6. The van der Waals surface area contributed by atoms with E-state index in [9.17, 15) is 4.79 Å². The van der Waals surface area contributed by atoms with Crippen molar-refractivity contribution in [1.29, 1.82) is 0 Å². The van der Waals surface area contributed by atoms with Crippen molar-refractivity contribution in [1.82, 2.24) is 5.32 Å². The van der Waals surface area contributed by atoms with Crippen LogP contribution in [0.15, 0.2) is 47.5 Å². The van der Waals surface area contributed by atoms with Gasteiger partial charge in [0, 0.05) is 12.2 Å². The molecule has 148 valence electrons. The molecule has 3 rings (SSSR count). The fraction of sp³-hybridized carbons (Fsp3) is 0.300. The molecule has 0 bridgehead atoms. The highest BCUT2D eigenvalue weighted by molar-refractivity contribution is 5.89. The van der Waals surface area contributed by atoms with E-state index in [0.717, 1.165) is 16.8 Å². The van der Waals surface area contributed by atoms with E-state index < -0.39 is 0 Å². The number of ether oxygens (including phenoxy) is 3. The topological polar surface area (TPSA) is 98.4 Å². The molecule has 0 radical (unpaired) electrons. The van der Waals surface area contributed by atoms with E-state index in [4.69, 9.17) is 19.9 Å². The molecule has 8 heteroatoms. The van der Waals surface area contributed by atoms with Gasteiger partial charge in [-0.3, -0.25) is 4.90 Å². The van der Waals surface area contributed by atoms with Crippen molar-refractivity contribution >= 4 is 17.7 Å². The monoisotopic (exact) mass is 384 g/mol. The first kappa shape index (κ1) is 19.3. The molecule has 1 aliphatic rings. The van der Waals surface area contributed by atoms with Crippen molar-refractivity contribution in [3.63, 3.8) is 0 Å². The molecule has 1 heterocycles. The molecule has 2 aromatic rings. The number of nitrogens with two attached hydrogens (primary N) is 1. The van der Waals surface area contributed by atoms with E-state index >= 15 is 0 Å². The molecule has 2 aromatic carbocycles. The smallest absolute Gasteiger partial charge is 0.414 e. The summed E-state index contributed by atoms with van der Waals surface area (Å²) in [6.45, 7) is 1.96. The van der Waals surface area contributed by atoms with E-state index in [1.54, 1.807) is 19.1 Å². The van der Waals surface area contributed by atoms with Crippen LogP contribution in [0, 0.1) is 0 Å². The van der Waals surface area contributed by atoms with Gasteiger partial charge in [0.2, 0.25) is 0 Å². The number of nitrogens with one attached hydrogen (secondary N) is 1. The summed E-state index contributed by atoms with van der Waals surface area (Å²) in [5, 5.41) is 3.08. The molecular formula is C20H24N4O4. The highest BCUT2D eigenvalue weighted by Gasteiger charge is 2.23. The van der Waals surface area contributed by atoms with Crippen LogP contribution in [0.25, 0.3) is 0 Å². The van der Waals surface area contributed by atoms with Gasteiger partial charge >= 0.3 is 6.09 Å². The van der Waals surface area contributed by atoms with E-state index in [1.807, 2.05) is 42.5 Å².